The van der Waals surface area contributed by atoms with E-state index in [1.54, 1.807) is 12.1 Å². The van der Waals surface area contributed by atoms with Crippen molar-refractivity contribution in [3.05, 3.63) is 74.0 Å². The van der Waals surface area contributed by atoms with Crippen molar-refractivity contribution in [1.29, 1.82) is 0 Å². The number of nitrogens with one attached hydrogen (secondary N) is 1. The molecule has 0 aliphatic rings. The van der Waals surface area contributed by atoms with Crippen LogP contribution in [0.1, 0.15) is 23.4 Å². The van der Waals surface area contributed by atoms with Gasteiger partial charge in [0.25, 0.3) is 12.1 Å². The van der Waals surface area contributed by atoms with Gasteiger partial charge in [-0.1, -0.05) is 17.7 Å². The number of carbonyl (C=O) groups is 1. The number of ether oxygens (including phenoxy) is 1. The minimum Gasteiger partial charge on any atom is -0.457 e. The first-order valence-corrected chi connectivity index (χ1v) is 9.78. The molecule has 0 fully saturated rings. The molecule has 0 saturated carbocycles. The van der Waals surface area contributed by atoms with E-state index >= 15 is 0 Å². The molecule has 0 bridgehead atoms. The number of alkyl halides is 2. The van der Waals surface area contributed by atoms with Crippen LogP contribution < -0.4 is 10.1 Å². The summed E-state index contributed by atoms with van der Waals surface area (Å²) in [7, 11) is 0. The molecule has 0 radical (unpaired) electrons. The van der Waals surface area contributed by atoms with E-state index in [0.717, 1.165) is 10.2 Å². The number of hydrogen-bond donors (Lipinski definition) is 1. The highest BCUT2D eigenvalue weighted by molar-refractivity contribution is 9.10. The van der Waals surface area contributed by atoms with E-state index in [1.807, 2.05) is 19.1 Å². The number of non-ortho nitro benzene ring substituents is 1. The molecular formula is C20H17BrF2N4O4. The lowest BCUT2D eigenvalue weighted by molar-refractivity contribution is -0.384. The van der Waals surface area contributed by atoms with E-state index in [1.165, 1.54) is 25.1 Å². The Kier molecular flexibility index (Phi) is 6.64. The van der Waals surface area contributed by atoms with Gasteiger partial charge in [0.05, 0.1) is 26.8 Å². The molecule has 0 atom stereocenters. The summed E-state index contributed by atoms with van der Waals surface area (Å²) in [6.07, 6.45) is -2.80. The number of carbonyl (C=O) groups excluding carboxylic acids is 1. The van der Waals surface area contributed by atoms with Crippen LogP contribution in [0, 0.1) is 24.0 Å². The largest absolute Gasteiger partial charge is 0.457 e. The average Bonchev–Trinajstić information content (AvgIpc) is 2.98. The zero-order chi connectivity index (χ0) is 22.7. The SMILES string of the molecule is Cc1ccc(Oc2cc(NC(=O)Cn3nc(C(F)F)c(Br)c3C)cc([N+](=O)[O-])c2)cc1. The third-order valence-electron chi connectivity index (χ3n) is 4.30. The second-order valence-electron chi connectivity index (χ2n) is 6.68. The number of halogens is 3. The zero-order valence-electron chi connectivity index (χ0n) is 16.4. The zero-order valence-corrected chi connectivity index (χ0v) is 18.0. The minimum absolute atomic E-state index is 0.124. The lowest BCUT2D eigenvalue weighted by atomic mass is 10.2. The molecule has 11 heteroatoms. The maximum atomic E-state index is 13.0. The summed E-state index contributed by atoms with van der Waals surface area (Å²) >= 11 is 3.04. The number of aryl methyl sites for hydroxylation is 1. The van der Waals surface area contributed by atoms with Crippen LogP contribution in [-0.4, -0.2) is 20.6 Å². The molecule has 162 valence electrons. The highest BCUT2D eigenvalue weighted by Crippen LogP contribution is 2.31. The van der Waals surface area contributed by atoms with Gasteiger partial charge in [0.2, 0.25) is 5.91 Å². The molecule has 31 heavy (non-hydrogen) atoms. The van der Waals surface area contributed by atoms with Gasteiger partial charge in [-0.2, -0.15) is 5.10 Å². The highest BCUT2D eigenvalue weighted by Gasteiger charge is 2.21. The van der Waals surface area contributed by atoms with Crippen molar-refractivity contribution in [1.82, 2.24) is 9.78 Å². The van der Waals surface area contributed by atoms with Gasteiger partial charge in [-0.15, -0.1) is 0 Å². The van der Waals surface area contributed by atoms with Crippen LogP contribution in [0.15, 0.2) is 46.9 Å². The molecule has 3 rings (SSSR count). The van der Waals surface area contributed by atoms with E-state index < -0.39 is 22.9 Å². The summed E-state index contributed by atoms with van der Waals surface area (Å²) in [5, 5.41) is 17.5. The second-order valence-corrected chi connectivity index (χ2v) is 7.47. The van der Waals surface area contributed by atoms with Gasteiger partial charge < -0.3 is 10.1 Å². The lowest BCUT2D eigenvalue weighted by Gasteiger charge is -2.10. The number of nitrogens with zero attached hydrogens (tertiary/aromatic N) is 3. The van der Waals surface area contributed by atoms with E-state index in [-0.39, 0.29) is 28.1 Å². The van der Waals surface area contributed by atoms with Crippen molar-refractivity contribution in [2.24, 2.45) is 0 Å². The molecule has 0 unspecified atom stereocenters. The molecule has 0 spiro atoms. The molecule has 2 aromatic carbocycles. The Hall–Kier alpha value is -3.34. The molecule has 1 aromatic heterocycles. The fourth-order valence-electron chi connectivity index (χ4n) is 2.74. The fraction of sp³-hybridized carbons (Fsp3) is 0.200. The van der Waals surface area contributed by atoms with Gasteiger partial charge in [0.15, 0.2) is 0 Å². The summed E-state index contributed by atoms with van der Waals surface area (Å²) in [5.74, 6) is 0.0342. The quantitative estimate of drug-likeness (QED) is 0.343. The summed E-state index contributed by atoms with van der Waals surface area (Å²) in [6, 6.07) is 10.9. The van der Waals surface area contributed by atoms with Crippen LogP contribution in [0.5, 0.6) is 11.5 Å². The Labute approximate surface area is 184 Å². The number of rotatable bonds is 7. The first-order valence-electron chi connectivity index (χ1n) is 8.99. The molecule has 1 heterocycles. The van der Waals surface area contributed by atoms with Gasteiger partial charge >= 0.3 is 0 Å². The summed E-state index contributed by atoms with van der Waals surface area (Å²) < 4.78 is 32.9. The van der Waals surface area contributed by atoms with Crippen LogP contribution in [0.2, 0.25) is 0 Å². The Morgan fingerprint density at radius 1 is 1.23 bits per heavy atom. The first-order chi connectivity index (χ1) is 14.6. The Morgan fingerprint density at radius 2 is 1.90 bits per heavy atom. The number of aromatic nitrogens is 2. The van der Waals surface area contributed by atoms with Crippen molar-refractivity contribution in [3.63, 3.8) is 0 Å². The van der Waals surface area contributed by atoms with Gasteiger partial charge in [-0.25, -0.2) is 8.78 Å². The molecule has 0 saturated heterocycles. The van der Waals surface area contributed by atoms with E-state index in [2.05, 4.69) is 26.3 Å². The Balaban J connectivity index is 1.81. The Bertz CT molecular complexity index is 1130. The van der Waals surface area contributed by atoms with E-state index in [0.29, 0.717) is 11.4 Å². The predicted octanol–water partition coefficient (Wildman–Crippen LogP) is 5.54. The van der Waals surface area contributed by atoms with E-state index in [4.69, 9.17) is 4.74 Å². The molecule has 1 N–H and O–H groups in total. The molecule has 0 aliphatic carbocycles. The first kappa shape index (κ1) is 22.3. The topological polar surface area (TPSA) is 99.3 Å². The Morgan fingerprint density at radius 3 is 2.48 bits per heavy atom. The fourth-order valence-corrected chi connectivity index (χ4v) is 3.20. The predicted molar refractivity (Wildman–Crippen MR) is 113 cm³/mol. The number of nitro groups is 1. The summed E-state index contributed by atoms with van der Waals surface area (Å²) in [5.41, 5.74) is 0.759. The van der Waals surface area contributed by atoms with Gasteiger partial charge in [-0.3, -0.25) is 19.6 Å². The van der Waals surface area contributed by atoms with Crippen LogP contribution in [0.4, 0.5) is 20.2 Å². The molecule has 8 nitrogen and oxygen atoms in total. The number of benzene rings is 2. The maximum absolute atomic E-state index is 13.0. The normalized spacial score (nSPS) is 10.9. The van der Waals surface area contributed by atoms with Crippen LogP contribution in [0.25, 0.3) is 0 Å². The van der Waals surface area contributed by atoms with Gasteiger partial charge in [-0.05, 0) is 41.9 Å². The number of nitro benzene ring substituents is 1. The molecule has 1 amide bonds. The monoisotopic (exact) mass is 494 g/mol. The van der Waals surface area contributed by atoms with Crippen molar-refractivity contribution in [2.75, 3.05) is 5.32 Å². The summed E-state index contributed by atoms with van der Waals surface area (Å²) in [4.78, 5) is 23.1. The van der Waals surface area contributed by atoms with E-state index in [9.17, 15) is 23.7 Å². The van der Waals surface area contributed by atoms with Crippen molar-refractivity contribution in [2.45, 2.75) is 26.8 Å². The highest BCUT2D eigenvalue weighted by atomic mass is 79.9. The molecule has 0 aliphatic heterocycles. The third-order valence-corrected chi connectivity index (χ3v) is 5.28. The maximum Gasteiger partial charge on any atom is 0.283 e. The summed E-state index contributed by atoms with van der Waals surface area (Å²) in [6.45, 7) is 3.10. The molecule has 3 aromatic rings. The van der Waals surface area contributed by atoms with Crippen LogP contribution in [-0.2, 0) is 11.3 Å². The molecular weight excluding hydrogens is 478 g/mol. The minimum atomic E-state index is -2.80. The van der Waals surface area contributed by atoms with Gasteiger partial charge in [0.1, 0.15) is 23.7 Å². The van der Waals surface area contributed by atoms with Crippen LogP contribution >= 0.6 is 15.9 Å². The van der Waals surface area contributed by atoms with Crippen LogP contribution in [0.3, 0.4) is 0 Å². The third kappa shape index (κ3) is 5.43. The average molecular weight is 495 g/mol. The second kappa shape index (κ2) is 9.21. The van der Waals surface area contributed by atoms with Crippen molar-refractivity contribution >= 4 is 33.2 Å². The van der Waals surface area contributed by atoms with Crippen molar-refractivity contribution in [3.8, 4) is 11.5 Å². The lowest BCUT2D eigenvalue weighted by Crippen LogP contribution is -2.20. The standard InChI is InChI=1S/C20H17BrF2N4O4/c1-11-3-5-15(6-4-11)31-16-8-13(7-14(9-16)27(29)30)24-17(28)10-26-12(2)18(21)19(25-26)20(22)23/h3-9,20H,10H2,1-2H3,(H,24,28). The number of hydrogen-bond acceptors (Lipinski definition) is 5. The smallest absolute Gasteiger partial charge is 0.283 e. The van der Waals surface area contributed by atoms with Gasteiger partial charge in [0, 0.05) is 12.1 Å². The van der Waals surface area contributed by atoms with Crippen molar-refractivity contribution < 1.29 is 23.2 Å². The number of amides is 1. The number of anilines is 1.